The van der Waals surface area contributed by atoms with Gasteiger partial charge in [0, 0.05) is 6.54 Å². The lowest BCUT2D eigenvalue weighted by Gasteiger charge is -2.21. The van der Waals surface area contributed by atoms with E-state index in [1.807, 2.05) is 0 Å². The van der Waals surface area contributed by atoms with E-state index in [4.69, 9.17) is 4.74 Å². The third-order valence-electron chi connectivity index (χ3n) is 3.74. The fourth-order valence-electron chi connectivity index (χ4n) is 2.48. The number of fused-ring (bicyclic) bond motifs is 1. The second-order valence-electron chi connectivity index (χ2n) is 6.31. The zero-order chi connectivity index (χ0) is 14.2. The van der Waals surface area contributed by atoms with E-state index in [9.17, 15) is 0 Å². The molecule has 0 saturated carbocycles. The van der Waals surface area contributed by atoms with Crippen LogP contribution in [0.15, 0.2) is 42.5 Å². The van der Waals surface area contributed by atoms with Crippen LogP contribution in [0.5, 0.6) is 5.75 Å². The number of nitrogens with one attached hydrogen (secondary N) is 1. The molecule has 20 heavy (non-hydrogen) atoms. The molecule has 0 aliphatic carbocycles. The number of anilines is 1. The highest BCUT2D eigenvalue weighted by Crippen LogP contribution is 2.33. The summed E-state index contributed by atoms with van der Waals surface area (Å²) in [6, 6.07) is 15.2. The Balaban J connectivity index is 1.93. The summed E-state index contributed by atoms with van der Waals surface area (Å²) in [5, 5.41) is 3.35. The predicted octanol–water partition coefficient (Wildman–Crippen LogP) is 4.46. The molecule has 0 bridgehead atoms. The molecule has 0 spiro atoms. The predicted molar refractivity (Wildman–Crippen MR) is 84.6 cm³/mol. The van der Waals surface area contributed by atoms with Crippen LogP contribution in [0.1, 0.15) is 26.3 Å². The molecule has 1 N–H and O–H groups in total. The Morgan fingerprint density at radius 1 is 0.950 bits per heavy atom. The summed E-state index contributed by atoms with van der Waals surface area (Å²) in [5.74, 6) is 0.952. The van der Waals surface area contributed by atoms with Gasteiger partial charge in [-0.05, 0) is 34.2 Å². The van der Waals surface area contributed by atoms with Crippen molar-refractivity contribution >= 4 is 5.69 Å². The summed E-state index contributed by atoms with van der Waals surface area (Å²) in [5.41, 5.74) is 5.08. The first kappa shape index (κ1) is 13.0. The van der Waals surface area contributed by atoms with Crippen molar-refractivity contribution in [1.82, 2.24) is 0 Å². The molecule has 0 amide bonds. The first-order chi connectivity index (χ1) is 9.54. The molecule has 2 aromatic carbocycles. The van der Waals surface area contributed by atoms with Crippen molar-refractivity contribution < 1.29 is 4.74 Å². The molecule has 1 aliphatic rings. The van der Waals surface area contributed by atoms with Crippen LogP contribution in [0.2, 0.25) is 0 Å². The summed E-state index contributed by atoms with van der Waals surface area (Å²) >= 11 is 0. The zero-order valence-corrected chi connectivity index (χ0v) is 12.4. The number of hydrogen-bond acceptors (Lipinski definition) is 2. The Morgan fingerprint density at radius 3 is 2.35 bits per heavy atom. The summed E-state index contributed by atoms with van der Waals surface area (Å²) in [6.07, 6.45) is 0. The summed E-state index contributed by atoms with van der Waals surface area (Å²) < 4.78 is 5.70. The van der Waals surface area contributed by atoms with Gasteiger partial charge in [0.25, 0.3) is 0 Å². The number of ether oxygens (including phenoxy) is 1. The molecular formula is C18H21NO. The number of hydrogen-bond donors (Lipinski definition) is 1. The van der Waals surface area contributed by atoms with E-state index >= 15 is 0 Å². The van der Waals surface area contributed by atoms with Crippen molar-refractivity contribution in [2.75, 3.05) is 18.5 Å². The highest BCUT2D eigenvalue weighted by atomic mass is 16.5. The third-order valence-corrected chi connectivity index (χ3v) is 3.74. The van der Waals surface area contributed by atoms with Gasteiger partial charge in [0.2, 0.25) is 0 Å². The average molecular weight is 267 g/mol. The van der Waals surface area contributed by atoms with E-state index in [0.717, 1.165) is 24.6 Å². The van der Waals surface area contributed by atoms with E-state index in [1.165, 1.54) is 16.7 Å². The molecular weight excluding hydrogens is 246 g/mol. The van der Waals surface area contributed by atoms with E-state index in [2.05, 4.69) is 68.6 Å². The molecule has 0 atom stereocenters. The number of benzene rings is 2. The van der Waals surface area contributed by atoms with Crippen molar-refractivity contribution in [3.05, 3.63) is 48.0 Å². The van der Waals surface area contributed by atoms with Gasteiger partial charge in [0.1, 0.15) is 12.4 Å². The van der Waals surface area contributed by atoms with Crippen LogP contribution >= 0.6 is 0 Å². The Kier molecular flexibility index (Phi) is 3.17. The standard InChI is InChI=1S/C18H21NO/c1-18(2,3)15-7-4-13(5-8-15)14-6-9-16-17(12-14)20-11-10-19-16/h4-9,12,19H,10-11H2,1-3H3. The summed E-state index contributed by atoms with van der Waals surface area (Å²) in [6.45, 7) is 8.33. The smallest absolute Gasteiger partial charge is 0.143 e. The van der Waals surface area contributed by atoms with Gasteiger partial charge in [-0.2, -0.15) is 0 Å². The Morgan fingerprint density at radius 2 is 1.65 bits per heavy atom. The Labute approximate surface area is 120 Å². The highest BCUT2D eigenvalue weighted by molar-refractivity contribution is 5.71. The van der Waals surface area contributed by atoms with E-state index in [-0.39, 0.29) is 5.41 Å². The molecule has 2 heteroatoms. The van der Waals surface area contributed by atoms with Gasteiger partial charge in [-0.15, -0.1) is 0 Å². The first-order valence-electron chi connectivity index (χ1n) is 7.16. The van der Waals surface area contributed by atoms with Crippen molar-refractivity contribution in [2.45, 2.75) is 26.2 Å². The molecule has 0 fully saturated rings. The molecule has 2 aromatic rings. The van der Waals surface area contributed by atoms with Gasteiger partial charge in [-0.1, -0.05) is 51.1 Å². The monoisotopic (exact) mass is 267 g/mol. The van der Waals surface area contributed by atoms with Crippen molar-refractivity contribution in [1.29, 1.82) is 0 Å². The van der Waals surface area contributed by atoms with Crippen molar-refractivity contribution in [3.8, 4) is 16.9 Å². The van der Waals surface area contributed by atoms with E-state index in [1.54, 1.807) is 0 Å². The molecule has 0 radical (unpaired) electrons. The molecule has 3 rings (SSSR count). The third kappa shape index (κ3) is 2.51. The maximum absolute atomic E-state index is 5.70. The molecule has 0 saturated heterocycles. The fraction of sp³-hybridized carbons (Fsp3) is 0.333. The average Bonchev–Trinajstić information content (AvgIpc) is 2.46. The first-order valence-corrected chi connectivity index (χ1v) is 7.16. The topological polar surface area (TPSA) is 21.3 Å². The second-order valence-corrected chi connectivity index (χ2v) is 6.31. The van der Waals surface area contributed by atoms with Crippen LogP contribution in [0, 0.1) is 0 Å². The lowest BCUT2D eigenvalue weighted by Crippen LogP contribution is -2.17. The SMILES string of the molecule is CC(C)(C)c1ccc(-c2ccc3c(c2)OCCN3)cc1. The Hall–Kier alpha value is -1.96. The van der Waals surface area contributed by atoms with Crippen LogP contribution in [-0.4, -0.2) is 13.2 Å². The zero-order valence-electron chi connectivity index (χ0n) is 12.4. The summed E-state index contributed by atoms with van der Waals surface area (Å²) in [4.78, 5) is 0. The van der Waals surface area contributed by atoms with E-state index < -0.39 is 0 Å². The Bertz CT molecular complexity index is 608. The lowest BCUT2D eigenvalue weighted by molar-refractivity contribution is 0.323. The molecule has 0 unspecified atom stereocenters. The van der Waals surface area contributed by atoms with Crippen LogP contribution < -0.4 is 10.1 Å². The van der Waals surface area contributed by atoms with Gasteiger partial charge >= 0.3 is 0 Å². The van der Waals surface area contributed by atoms with Crippen LogP contribution in [0.25, 0.3) is 11.1 Å². The molecule has 1 aliphatic heterocycles. The minimum Gasteiger partial charge on any atom is -0.490 e. The van der Waals surface area contributed by atoms with Gasteiger partial charge < -0.3 is 10.1 Å². The van der Waals surface area contributed by atoms with Crippen LogP contribution in [-0.2, 0) is 5.41 Å². The van der Waals surface area contributed by atoms with Gasteiger partial charge in [-0.25, -0.2) is 0 Å². The number of rotatable bonds is 1. The normalized spacial score (nSPS) is 14.2. The molecule has 0 aromatic heterocycles. The minimum atomic E-state index is 0.196. The van der Waals surface area contributed by atoms with E-state index in [0.29, 0.717) is 0 Å². The largest absolute Gasteiger partial charge is 0.490 e. The lowest BCUT2D eigenvalue weighted by atomic mass is 9.86. The minimum absolute atomic E-state index is 0.196. The van der Waals surface area contributed by atoms with Crippen molar-refractivity contribution in [2.24, 2.45) is 0 Å². The molecule has 2 nitrogen and oxygen atoms in total. The summed E-state index contributed by atoms with van der Waals surface area (Å²) in [7, 11) is 0. The highest BCUT2D eigenvalue weighted by Gasteiger charge is 2.14. The molecule has 104 valence electrons. The van der Waals surface area contributed by atoms with Crippen molar-refractivity contribution in [3.63, 3.8) is 0 Å². The second kappa shape index (κ2) is 4.86. The molecule has 1 heterocycles. The maximum Gasteiger partial charge on any atom is 0.143 e. The van der Waals surface area contributed by atoms with Crippen LogP contribution in [0.3, 0.4) is 0 Å². The van der Waals surface area contributed by atoms with Gasteiger partial charge in [0.15, 0.2) is 0 Å². The van der Waals surface area contributed by atoms with Gasteiger partial charge in [0.05, 0.1) is 5.69 Å². The van der Waals surface area contributed by atoms with Crippen LogP contribution in [0.4, 0.5) is 5.69 Å². The fourth-order valence-corrected chi connectivity index (χ4v) is 2.48. The quantitative estimate of drug-likeness (QED) is 0.824. The maximum atomic E-state index is 5.70. The van der Waals surface area contributed by atoms with Gasteiger partial charge in [-0.3, -0.25) is 0 Å².